The maximum atomic E-state index is 12.4. The molecule has 0 radical (unpaired) electrons. The highest BCUT2D eigenvalue weighted by atomic mass is 16.5. The molecular weight excluding hydrogens is 320 g/mol. The smallest absolute Gasteiger partial charge is 0.274 e. The molecule has 0 N–H and O–H groups in total. The second-order valence-corrected chi connectivity index (χ2v) is 6.87. The van der Waals surface area contributed by atoms with Gasteiger partial charge in [0.1, 0.15) is 12.3 Å². The largest absolute Gasteiger partial charge is 0.368 e. The lowest BCUT2D eigenvalue weighted by atomic mass is 9.88. The van der Waals surface area contributed by atoms with Gasteiger partial charge in [0.2, 0.25) is 5.91 Å². The first-order valence-electron chi connectivity index (χ1n) is 9.10. The Morgan fingerprint density at radius 1 is 1.12 bits per heavy atom. The summed E-state index contributed by atoms with van der Waals surface area (Å²) in [5, 5.41) is 0. The number of nitrogens with zero attached hydrogens (tertiary/aromatic N) is 4. The van der Waals surface area contributed by atoms with Crippen molar-refractivity contribution in [1.29, 1.82) is 0 Å². The van der Waals surface area contributed by atoms with E-state index >= 15 is 0 Å². The van der Waals surface area contributed by atoms with Crippen molar-refractivity contribution >= 4 is 11.8 Å². The minimum absolute atomic E-state index is 0.0179. The molecule has 7 nitrogen and oxygen atoms in total. The highest BCUT2D eigenvalue weighted by molar-refractivity contribution is 5.92. The third-order valence-electron chi connectivity index (χ3n) is 5.16. The van der Waals surface area contributed by atoms with E-state index in [1.807, 2.05) is 0 Å². The van der Waals surface area contributed by atoms with Gasteiger partial charge in [-0.15, -0.1) is 0 Å². The summed E-state index contributed by atoms with van der Waals surface area (Å²) in [4.78, 5) is 36.2. The molecule has 1 aromatic heterocycles. The van der Waals surface area contributed by atoms with Gasteiger partial charge in [-0.1, -0.05) is 19.8 Å². The topological polar surface area (TPSA) is 75.6 Å². The van der Waals surface area contributed by atoms with Crippen molar-refractivity contribution in [2.24, 2.45) is 5.92 Å². The van der Waals surface area contributed by atoms with Crippen molar-refractivity contribution in [1.82, 2.24) is 19.8 Å². The minimum atomic E-state index is -0.132. The SMILES string of the molecule is C[C@@H]1CCCC[C@H]1OCC(=O)N1CCN(C(=O)c2cnccn2)CC1. The molecule has 0 aromatic carbocycles. The highest BCUT2D eigenvalue weighted by Gasteiger charge is 2.27. The van der Waals surface area contributed by atoms with Gasteiger partial charge < -0.3 is 14.5 Å². The average molecular weight is 346 g/mol. The zero-order chi connectivity index (χ0) is 17.6. The summed E-state index contributed by atoms with van der Waals surface area (Å²) >= 11 is 0. The third kappa shape index (κ3) is 4.54. The number of carbonyl (C=O) groups is 2. The Hall–Kier alpha value is -2.02. The van der Waals surface area contributed by atoms with E-state index in [1.54, 1.807) is 16.0 Å². The molecule has 1 aromatic rings. The van der Waals surface area contributed by atoms with E-state index in [2.05, 4.69) is 16.9 Å². The molecule has 7 heteroatoms. The number of piperazine rings is 1. The van der Waals surface area contributed by atoms with Crippen LogP contribution in [0.3, 0.4) is 0 Å². The zero-order valence-corrected chi connectivity index (χ0v) is 14.8. The van der Waals surface area contributed by atoms with E-state index < -0.39 is 0 Å². The summed E-state index contributed by atoms with van der Waals surface area (Å²) in [5.74, 6) is 0.417. The van der Waals surface area contributed by atoms with Crippen molar-refractivity contribution in [3.05, 3.63) is 24.3 Å². The standard InChI is InChI=1S/C18H26N4O3/c1-14-4-2-3-5-16(14)25-13-17(23)21-8-10-22(11-9-21)18(24)15-12-19-6-7-20-15/h6-7,12,14,16H,2-5,8-11,13H2,1H3/t14-,16-/m1/s1. The minimum Gasteiger partial charge on any atom is -0.368 e. The Kier molecular flexibility index (Phi) is 5.96. The van der Waals surface area contributed by atoms with Crippen LogP contribution in [0.1, 0.15) is 43.1 Å². The number of aromatic nitrogens is 2. The Balaban J connectivity index is 1.44. The lowest BCUT2D eigenvalue weighted by Gasteiger charge is -2.35. The first kappa shape index (κ1) is 17.8. The number of rotatable bonds is 4. The molecule has 2 atom stereocenters. The summed E-state index contributed by atoms with van der Waals surface area (Å²) in [5.41, 5.74) is 0.344. The molecule has 1 saturated heterocycles. The van der Waals surface area contributed by atoms with Crippen LogP contribution in [0.15, 0.2) is 18.6 Å². The molecule has 136 valence electrons. The summed E-state index contributed by atoms with van der Waals surface area (Å²) in [6.45, 7) is 4.45. The van der Waals surface area contributed by atoms with E-state index in [4.69, 9.17) is 4.74 Å². The molecule has 0 bridgehead atoms. The van der Waals surface area contributed by atoms with Crippen LogP contribution in [0.2, 0.25) is 0 Å². The predicted octanol–water partition coefficient (Wildman–Crippen LogP) is 1.36. The van der Waals surface area contributed by atoms with Gasteiger partial charge >= 0.3 is 0 Å². The van der Waals surface area contributed by atoms with Gasteiger partial charge in [-0.2, -0.15) is 0 Å². The van der Waals surface area contributed by atoms with Crippen LogP contribution in [0.25, 0.3) is 0 Å². The number of ether oxygens (including phenoxy) is 1. The van der Waals surface area contributed by atoms with Crippen LogP contribution in [0.4, 0.5) is 0 Å². The van der Waals surface area contributed by atoms with Crippen molar-refractivity contribution in [2.75, 3.05) is 32.8 Å². The molecular formula is C18H26N4O3. The molecule has 25 heavy (non-hydrogen) atoms. The van der Waals surface area contributed by atoms with Gasteiger partial charge in [0.25, 0.3) is 5.91 Å². The number of hydrogen-bond acceptors (Lipinski definition) is 5. The lowest BCUT2D eigenvalue weighted by Crippen LogP contribution is -2.51. The molecule has 2 aliphatic rings. The highest BCUT2D eigenvalue weighted by Crippen LogP contribution is 2.26. The van der Waals surface area contributed by atoms with Crippen molar-refractivity contribution in [3.63, 3.8) is 0 Å². The van der Waals surface area contributed by atoms with Gasteiger partial charge in [0, 0.05) is 38.6 Å². The lowest BCUT2D eigenvalue weighted by molar-refractivity contribution is -0.141. The first-order valence-corrected chi connectivity index (χ1v) is 9.10. The summed E-state index contributed by atoms with van der Waals surface area (Å²) in [6.07, 6.45) is 9.41. The monoisotopic (exact) mass is 346 g/mol. The van der Waals surface area contributed by atoms with Crippen molar-refractivity contribution in [3.8, 4) is 0 Å². The molecule has 2 amide bonds. The molecule has 1 aliphatic carbocycles. The first-order chi connectivity index (χ1) is 12.1. The Morgan fingerprint density at radius 3 is 2.52 bits per heavy atom. The number of hydrogen-bond donors (Lipinski definition) is 0. The fraction of sp³-hybridized carbons (Fsp3) is 0.667. The maximum Gasteiger partial charge on any atom is 0.274 e. The second-order valence-electron chi connectivity index (χ2n) is 6.87. The molecule has 2 fully saturated rings. The molecule has 1 saturated carbocycles. The fourth-order valence-electron chi connectivity index (χ4n) is 3.53. The zero-order valence-electron chi connectivity index (χ0n) is 14.8. The van der Waals surface area contributed by atoms with E-state index in [0.717, 1.165) is 6.42 Å². The van der Waals surface area contributed by atoms with Crippen LogP contribution in [0, 0.1) is 5.92 Å². The Labute approximate surface area is 148 Å². The molecule has 2 heterocycles. The van der Waals surface area contributed by atoms with Gasteiger partial charge in [-0.25, -0.2) is 4.98 Å². The van der Waals surface area contributed by atoms with Crippen LogP contribution in [-0.4, -0.2) is 70.5 Å². The summed E-state index contributed by atoms with van der Waals surface area (Å²) in [7, 11) is 0. The fourth-order valence-corrected chi connectivity index (χ4v) is 3.53. The van der Waals surface area contributed by atoms with E-state index in [0.29, 0.717) is 37.8 Å². The van der Waals surface area contributed by atoms with Gasteiger partial charge in [0.05, 0.1) is 12.3 Å². The molecule has 0 spiro atoms. The number of amides is 2. The predicted molar refractivity (Wildman–Crippen MR) is 91.9 cm³/mol. The van der Waals surface area contributed by atoms with Gasteiger partial charge in [-0.05, 0) is 18.8 Å². The third-order valence-corrected chi connectivity index (χ3v) is 5.16. The van der Waals surface area contributed by atoms with E-state index in [1.165, 1.54) is 31.7 Å². The van der Waals surface area contributed by atoms with Crippen molar-refractivity contribution in [2.45, 2.75) is 38.7 Å². The normalized spacial score (nSPS) is 24.2. The van der Waals surface area contributed by atoms with E-state index in [9.17, 15) is 9.59 Å². The number of carbonyl (C=O) groups excluding carboxylic acids is 2. The Bertz CT molecular complexity index is 587. The second kappa shape index (κ2) is 8.38. The molecule has 0 unspecified atom stereocenters. The maximum absolute atomic E-state index is 12.4. The summed E-state index contributed by atoms with van der Waals surface area (Å²) < 4.78 is 5.86. The van der Waals surface area contributed by atoms with Crippen molar-refractivity contribution < 1.29 is 14.3 Å². The molecule has 3 rings (SSSR count). The van der Waals surface area contributed by atoms with Crippen LogP contribution in [0.5, 0.6) is 0 Å². The van der Waals surface area contributed by atoms with Crippen LogP contribution >= 0.6 is 0 Å². The average Bonchev–Trinajstić information content (AvgIpc) is 2.67. The Morgan fingerprint density at radius 2 is 1.84 bits per heavy atom. The van der Waals surface area contributed by atoms with E-state index in [-0.39, 0.29) is 24.5 Å². The molecule has 1 aliphatic heterocycles. The quantitative estimate of drug-likeness (QED) is 0.823. The van der Waals surface area contributed by atoms with Crippen LogP contribution < -0.4 is 0 Å². The van der Waals surface area contributed by atoms with Gasteiger partial charge in [0.15, 0.2) is 0 Å². The summed E-state index contributed by atoms with van der Waals surface area (Å²) in [6, 6.07) is 0. The van der Waals surface area contributed by atoms with Crippen LogP contribution in [-0.2, 0) is 9.53 Å². The van der Waals surface area contributed by atoms with Gasteiger partial charge in [-0.3, -0.25) is 14.6 Å².